The van der Waals surface area contributed by atoms with E-state index in [9.17, 15) is 4.79 Å². The minimum Gasteiger partial charge on any atom is -0.330 e. The lowest BCUT2D eigenvalue weighted by atomic mass is 10.1. The predicted octanol–water partition coefficient (Wildman–Crippen LogP) is 1.36. The second-order valence-corrected chi connectivity index (χ2v) is 3.87. The molecule has 0 saturated carbocycles. The number of aromatic nitrogens is 2. The van der Waals surface area contributed by atoms with E-state index in [0.29, 0.717) is 23.8 Å². The Kier molecular flexibility index (Phi) is 4.64. The monoisotopic (exact) mass is 242 g/mol. The summed E-state index contributed by atoms with van der Waals surface area (Å²) in [5.41, 5.74) is 6.17. The fourth-order valence-corrected chi connectivity index (χ4v) is 1.50. The lowest BCUT2D eigenvalue weighted by Gasteiger charge is -2.11. The second-order valence-electron chi connectivity index (χ2n) is 3.49. The van der Waals surface area contributed by atoms with Crippen LogP contribution in [0.15, 0.2) is 6.07 Å². The number of aryl methyl sites for hydroxylation is 1. The van der Waals surface area contributed by atoms with Gasteiger partial charge in [-0.25, -0.2) is 9.97 Å². The van der Waals surface area contributed by atoms with E-state index >= 15 is 0 Å². The Morgan fingerprint density at radius 1 is 1.62 bits per heavy atom. The van der Waals surface area contributed by atoms with Crippen molar-refractivity contribution < 1.29 is 4.79 Å². The SMILES string of the molecule is CCC(CN)C(=O)Nc1nc(C)cc(Cl)n1. The third-order valence-electron chi connectivity index (χ3n) is 2.21. The fraction of sp³-hybridized carbons (Fsp3) is 0.500. The van der Waals surface area contributed by atoms with Crippen molar-refractivity contribution in [2.45, 2.75) is 20.3 Å². The minimum absolute atomic E-state index is 0.174. The van der Waals surface area contributed by atoms with E-state index in [0.717, 1.165) is 0 Å². The maximum absolute atomic E-state index is 11.7. The number of carbonyl (C=O) groups excluding carboxylic acids is 1. The summed E-state index contributed by atoms with van der Waals surface area (Å²) in [4.78, 5) is 19.6. The molecule has 1 atom stereocenters. The average Bonchev–Trinajstić information content (AvgIpc) is 2.17. The topological polar surface area (TPSA) is 80.9 Å². The molecule has 16 heavy (non-hydrogen) atoms. The van der Waals surface area contributed by atoms with E-state index in [-0.39, 0.29) is 17.8 Å². The van der Waals surface area contributed by atoms with Gasteiger partial charge in [-0.15, -0.1) is 0 Å². The standard InChI is InChI=1S/C10H15ClN4O/c1-3-7(5-12)9(16)15-10-13-6(2)4-8(11)14-10/h4,7H,3,5,12H2,1-2H3,(H,13,14,15,16). The molecule has 1 amide bonds. The highest BCUT2D eigenvalue weighted by molar-refractivity contribution is 6.29. The zero-order chi connectivity index (χ0) is 12.1. The molecule has 1 rings (SSSR count). The third kappa shape index (κ3) is 3.43. The van der Waals surface area contributed by atoms with Gasteiger partial charge in [0.2, 0.25) is 11.9 Å². The molecular formula is C10H15ClN4O. The van der Waals surface area contributed by atoms with Crippen molar-refractivity contribution in [3.05, 3.63) is 16.9 Å². The molecule has 1 aromatic heterocycles. The number of amides is 1. The van der Waals surface area contributed by atoms with Crippen LogP contribution in [0.5, 0.6) is 0 Å². The lowest BCUT2D eigenvalue weighted by Crippen LogP contribution is -2.29. The average molecular weight is 243 g/mol. The van der Waals surface area contributed by atoms with Gasteiger partial charge in [0.05, 0.1) is 5.92 Å². The first-order chi connectivity index (χ1) is 7.56. The highest BCUT2D eigenvalue weighted by Crippen LogP contribution is 2.11. The molecule has 0 aliphatic carbocycles. The molecule has 0 saturated heterocycles. The Hall–Kier alpha value is -1.20. The first-order valence-electron chi connectivity index (χ1n) is 5.09. The van der Waals surface area contributed by atoms with Gasteiger partial charge in [0.1, 0.15) is 5.15 Å². The summed E-state index contributed by atoms with van der Waals surface area (Å²) in [6.07, 6.45) is 0.682. The van der Waals surface area contributed by atoms with Gasteiger partial charge < -0.3 is 5.73 Å². The van der Waals surface area contributed by atoms with Crippen molar-refractivity contribution in [2.75, 3.05) is 11.9 Å². The van der Waals surface area contributed by atoms with Crippen LogP contribution in [0.25, 0.3) is 0 Å². The zero-order valence-electron chi connectivity index (χ0n) is 9.33. The largest absolute Gasteiger partial charge is 0.330 e. The fourth-order valence-electron chi connectivity index (χ4n) is 1.26. The number of nitrogens with zero attached hydrogens (tertiary/aromatic N) is 2. The Bertz CT molecular complexity index is 359. The summed E-state index contributed by atoms with van der Waals surface area (Å²) in [6, 6.07) is 1.62. The van der Waals surface area contributed by atoms with Crippen LogP contribution in [0.4, 0.5) is 5.95 Å². The Labute approximate surface area is 99.4 Å². The first kappa shape index (κ1) is 12.9. The van der Waals surface area contributed by atoms with Crippen molar-refractivity contribution in [3.63, 3.8) is 0 Å². The van der Waals surface area contributed by atoms with Crippen molar-refractivity contribution in [3.8, 4) is 0 Å². The lowest BCUT2D eigenvalue weighted by molar-refractivity contribution is -0.119. The van der Waals surface area contributed by atoms with Crippen LogP contribution in [0.3, 0.4) is 0 Å². The molecular weight excluding hydrogens is 228 g/mol. The molecule has 0 radical (unpaired) electrons. The van der Waals surface area contributed by atoms with E-state index in [4.69, 9.17) is 17.3 Å². The highest BCUT2D eigenvalue weighted by Gasteiger charge is 2.15. The van der Waals surface area contributed by atoms with Crippen LogP contribution in [0, 0.1) is 12.8 Å². The molecule has 3 N–H and O–H groups in total. The van der Waals surface area contributed by atoms with Crippen LogP contribution >= 0.6 is 11.6 Å². The molecule has 0 bridgehead atoms. The molecule has 88 valence electrons. The number of anilines is 1. The Morgan fingerprint density at radius 3 is 2.81 bits per heavy atom. The van der Waals surface area contributed by atoms with Crippen molar-refractivity contribution >= 4 is 23.5 Å². The Balaban J connectivity index is 2.76. The van der Waals surface area contributed by atoms with Gasteiger partial charge in [0, 0.05) is 12.2 Å². The smallest absolute Gasteiger partial charge is 0.231 e. The van der Waals surface area contributed by atoms with Crippen LogP contribution in [-0.4, -0.2) is 22.4 Å². The van der Waals surface area contributed by atoms with Crippen LogP contribution in [0.2, 0.25) is 5.15 Å². The first-order valence-corrected chi connectivity index (χ1v) is 5.46. The molecule has 6 heteroatoms. The van der Waals surface area contributed by atoms with Crippen LogP contribution in [0.1, 0.15) is 19.0 Å². The van der Waals surface area contributed by atoms with E-state index in [2.05, 4.69) is 15.3 Å². The maximum atomic E-state index is 11.7. The number of hydrogen-bond donors (Lipinski definition) is 2. The molecule has 0 fully saturated rings. The van der Waals surface area contributed by atoms with E-state index < -0.39 is 0 Å². The highest BCUT2D eigenvalue weighted by atomic mass is 35.5. The summed E-state index contributed by atoms with van der Waals surface area (Å²) in [7, 11) is 0. The van der Waals surface area contributed by atoms with Gasteiger partial charge in [0.15, 0.2) is 0 Å². The molecule has 0 aromatic carbocycles. The summed E-state index contributed by atoms with van der Waals surface area (Å²) in [6.45, 7) is 3.99. The third-order valence-corrected chi connectivity index (χ3v) is 2.40. The van der Waals surface area contributed by atoms with E-state index in [1.54, 1.807) is 13.0 Å². The number of rotatable bonds is 4. The number of hydrogen-bond acceptors (Lipinski definition) is 4. The van der Waals surface area contributed by atoms with Gasteiger partial charge in [-0.2, -0.15) is 0 Å². The molecule has 0 aliphatic rings. The van der Waals surface area contributed by atoms with Crippen LogP contribution in [-0.2, 0) is 4.79 Å². The summed E-state index contributed by atoms with van der Waals surface area (Å²) in [5, 5.41) is 2.91. The molecule has 1 heterocycles. The second kappa shape index (κ2) is 5.77. The van der Waals surface area contributed by atoms with Gasteiger partial charge in [0.25, 0.3) is 0 Å². The number of carbonyl (C=O) groups is 1. The summed E-state index contributed by atoms with van der Waals surface area (Å²) < 4.78 is 0. The zero-order valence-corrected chi connectivity index (χ0v) is 10.1. The normalized spacial score (nSPS) is 12.2. The summed E-state index contributed by atoms with van der Waals surface area (Å²) >= 11 is 5.75. The van der Waals surface area contributed by atoms with Gasteiger partial charge in [-0.05, 0) is 19.4 Å². The van der Waals surface area contributed by atoms with Gasteiger partial charge in [-0.1, -0.05) is 18.5 Å². The molecule has 1 unspecified atom stereocenters. The van der Waals surface area contributed by atoms with Gasteiger partial charge >= 0.3 is 0 Å². The van der Waals surface area contributed by atoms with E-state index in [1.807, 2.05) is 6.92 Å². The quantitative estimate of drug-likeness (QED) is 0.782. The predicted molar refractivity (Wildman–Crippen MR) is 63.2 cm³/mol. The van der Waals surface area contributed by atoms with Crippen LogP contribution < -0.4 is 11.1 Å². The van der Waals surface area contributed by atoms with Crippen molar-refractivity contribution in [1.29, 1.82) is 0 Å². The number of halogens is 1. The molecule has 0 spiro atoms. The Morgan fingerprint density at radius 2 is 2.31 bits per heavy atom. The minimum atomic E-state index is -0.220. The molecule has 1 aromatic rings. The summed E-state index contributed by atoms with van der Waals surface area (Å²) in [5.74, 6) is -0.170. The van der Waals surface area contributed by atoms with Crippen molar-refractivity contribution in [2.24, 2.45) is 11.7 Å². The maximum Gasteiger partial charge on any atom is 0.231 e. The van der Waals surface area contributed by atoms with Crippen molar-refractivity contribution in [1.82, 2.24) is 9.97 Å². The number of nitrogens with two attached hydrogens (primary N) is 1. The molecule has 0 aliphatic heterocycles. The van der Waals surface area contributed by atoms with Gasteiger partial charge in [-0.3, -0.25) is 10.1 Å². The van der Waals surface area contributed by atoms with E-state index in [1.165, 1.54) is 0 Å². The number of nitrogens with one attached hydrogen (secondary N) is 1. The molecule has 5 nitrogen and oxygen atoms in total.